The Morgan fingerprint density at radius 3 is 2.96 bits per heavy atom. The van der Waals surface area contributed by atoms with Crippen LogP contribution < -0.4 is 5.43 Å². The van der Waals surface area contributed by atoms with Gasteiger partial charge in [-0.05, 0) is 31.0 Å². The van der Waals surface area contributed by atoms with Crippen LogP contribution in [0, 0.1) is 0 Å². The first-order valence-electron chi connectivity index (χ1n) is 8.04. The second kappa shape index (κ2) is 5.96. The Bertz CT molecular complexity index is 930. The van der Waals surface area contributed by atoms with Crippen LogP contribution in [-0.2, 0) is 0 Å². The molecule has 1 atom stereocenters. The van der Waals surface area contributed by atoms with Crippen LogP contribution in [0.15, 0.2) is 58.0 Å². The Morgan fingerprint density at radius 1 is 1.25 bits per heavy atom. The summed E-state index contributed by atoms with van der Waals surface area (Å²) in [7, 11) is 0. The van der Waals surface area contributed by atoms with Gasteiger partial charge in [0.25, 0.3) is 5.91 Å². The third-order valence-electron chi connectivity index (χ3n) is 4.43. The van der Waals surface area contributed by atoms with E-state index in [4.69, 9.17) is 4.42 Å². The van der Waals surface area contributed by atoms with Gasteiger partial charge in [0, 0.05) is 31.5 Å². The van der Waals surface area contributed by atoms with Crippen molar-refractivity contribution in [3.05, 3.63) is 64.8 Å². The summed E-state index contributed by atoms with van der Waals surface area (Å²) < 4.78 is 7.55. The number of rotatable bonds is 2. The van der Waals surface area contributed by atoms with E-state index in [9.17, 15) is 9.59 Å². The zero-order valence-electron chi connectivity index (χ0n) is 13.1. The highest BCUT2D eigenvalue weighted by atomic mass is 16.3. The van der Waals surface area contributed by atoms with E-state index in [1.54, 1.807) is 35.4 Å². The van der Waals surface area contributed by atoms with Gasteiger partial charge < -0.3 is 9.32 Å². The molecule has 0 unspecified atom stereocenters. The number of fused-ring (bicyclic) bond motifs is 1. The van der Waals surface area contributed by atoms with Gasteiger partial charge in [-0.25, -0.2) is 0 Å². The average molecular weight is 323 g/mol. The normalized spacial score (nSPS) is 18.0. The summed E-state index contributed by atoms with van der Waals surface area (Å²) in [6.45, 7) is 1.23. The zero-order valence-corrected chi connectivity index (χ0v) is 13.1. The van der Waals surface area contributed by atoms with E-state index in [1.807, 2.05) is 16.9 Å². The summed E-state index contributed by atoms with van der Waals surface area (Å²) in [5.41, 5.74) is 0.245. The molecule has 0 saturated carbocycles. The summed E-state index contributed by atoms with van der Waals surface area (Å²) in [6.07, 6.45) is 5.53. The zero-order chi connectivity index (χ0) is 16.5. The molecular weight excluding hydrogens is 306 g/mol. The lowest BCUT2D eigenvalue weighted by Gasteiger charge is -2.32. The van der Waals surface area contributed by atoms with E-state index in [1.165, 1.54) is 6.07 Å². The van der Waals surface area contributed by atoms with Crippen molar-refractivity contribution < 1.29 is 9.21 Å². The molecule has 3 heterocycles. The first-order valence-corrected chi connectivity index (χ1v) is 8.04. The van der Waals surface area contributed by atoms with Crippen LogP contribution in [0.1, 0.15) is 29.4 Å². The van der Waals surface area contributed by atoms with Crippen LogP contribution in [0.3, 0.4) is 0 Å². The van der Waals surface area contributed by atoms with Gasteiger partial charge in [0.2, 0.25) is 0 Å². The number of amides is 1. The summed E-state index contributed by atoms with van der Waals surface area (Å²) in [5, 5.41) is 4.75. The highest BCUT2D eigenvalue weighted by Crippen LogP contribution is 2.22. The maximum Gasteiger partial charge on any atom is 0.289 e. The van der Waals surface area contributed by atoms with Crippen molar-refractivity contribution in [3.63, 3.8) is 0 Å². The molecule has 6 heteroatoms. The Labute approximate surface area is 138 Å². The lowest BCUT2D eigenvalue weighted by molar-refractivity contribution is 0.0641. The van der Waals surface area contributed by atoms with Gasteiger partial charge in [0.05, 0.1) is 11.4 Å². The standard InChI is InChI=1S/C18H17N3O3/c22-15-11-17(24-16-7-2-1-6-14(15)16)18(23)20-9-3-5-13(12-20)21-10-4-8-19-21/h1-2,4,6-8,10-11,13H,3,5,9,12H2/t13-/m0/s1. The van der Waals surface area contributed by atoms with Crippen molar-refractivity contribution in [2.75, 3.05) is 13.1 Å². The molecule has 0 bridgehead atoms. The molecule has 1 aliphatic rings. The van der Waals surface area contributed by atoms with Crippen molar-refractivity contribution >= 4 is 16.9 Å². The van der Waals surface area contributed by atoms with Gasteiger partial charge >= 0.3 is 0 Å². The molecule has 0 spiro atoms. The van der Waals surface area contributed by atoms with Gasteiger partial charge in [-0.2, -0.15) is 5.10 Å². The SMILES string of the molecule is O=C(c1cc(=O)c2ccccc2o1)N1CCC[C@H](n2cccn2)C1. The summed E-state index contributed by atoms with van der Waals surface area (Å²) >= 11 is 0. The maximum absolute atomic E-state index is 12.8. The highest BCUT2D eigenvalue weighted by Gasteiger charge is 2.27. The predicted octanol–water partition coefficient (Wildman–Crippen LogP) is 2.47. The molecular formula is C18H17N3O3. The first-order chi connectivity index (χ1) is 11.7. The van der Waals surface area contributed by atoms with Gasteiger partial charge in [0.1, 0.15) is 5.58 Å². The van der Waals surface area contributed by atoms with Crippen molar-refractivity contribution in [1.82, 2.24) is 14.7 Å². The average Bonchev–Trinajstić information content (AvgIpc) is 3.16. The molecule has 24 heavy (non-hydrogen) atoms. The topological polar surface area (TPSA) is 68.3 Å². The quantitative estimate of drug-likeness (QED) is 0.726. The fourth-order valence-electron chi connectivity index (χ4n) is 3.22. The Balaban J connectivity index is 1.62. The van der Waals surface area contributed by atoms with Crippen molar-refractivity contribution in [2.24, 2.45) is 0 Å². The second-order valence-electron chi connectivity index (χ2n) is 6.00. The molecule has 122 valence electrons. The number of para-hydroxylation sites is 1. The Morgan fingerprint density at radius 2 is 2.12 bits per heavy atom. The number of carbonyl (C=O) groups is 1. The number of carbonyl (C=O) groups excluding carboxylic acids is 1. The number of piperidine rings is 1. The third-order valence-corrected chi connectivity index (χ3v) is 4.43. The minimum absolute atomic E-state index is 0.0971. The molecule has 4 rings (SSSR count). The molecule has 1 amide bonds. The van der Waals surface area contributed by atoms with E-state index >= 15 is 0 Å². The first kappa shape index (κ1) is 14.7. The van der Waals surface area contributed by atoms with Gasteiger partial charge in [-0.15, -0.1) is 0 Å². The fourth-order valence-corrected chi connectivity index (χ4v) is 3.22. The largest absolute Gasteiger partial charge is 0.451 e. The van der Waals surface area contributed by atoms with Crippen molar-refractivity contribution in [3.8, 4) is 0 Å². The molecule has 1 saturated heterocycles. The Kier molecular flexibility index (Phi) is 3.65. The van der Waals surface area contributed by atoms with Crippen LogP contribution in [0.4, 0.5) is 0 Å². The second-order valence-corrected chi connectivity index (χ2v) is 6.00. The molecule has 0 aliphatic carbocycles. The molecule has 0 N–H and O–H groups in total. The minimum atomic E-state index is -0.241. The number of aromatic nitrogens is 2. The number of hydrogen-bond donors (Lipinski definition) is 0. The maximum atomic E-state index is 12.8. The van der Waals surface area contributed by atoms with Crippen molar-refractivity contribution in [1.29, 1.82) is 0 Å². The monoisotopic (exact) mass is 323 g/mol. The van der Waals surface area contributed by atoms with Crippen LogP contribution in [0.2, 0.25) is 0 Å². The number of likely N-dealkylation sites (tertiary alicyclic amines) is 1. The van der Waals surface area contributed by atoms with E-state index in [0.717, 1.165) is 12.8 Å². The third kappa shape index (κ3) is 2.60. The van der Waals surface area contributed by atoms with E-state index in [2.05, 4.69) is 5.10 Å². The fraction of sp³-hybridized carbons (Fsp3) is 0.278. The van der Waals surface area contributed by atoms with E-state index < -0.39 is 0 Å². The highest BCUT2D eigenvalue weighted by molar-refractivity contribution is 5.93. The van der Waals surface area contributed by atoms with E-state index in [-0.39, 0.29) is 23.1 Å². The van der Waals surface area contributed by atoms with E-state index in [0.29, 0.717) is 24.1 Å². The number of hydrogen-bond acceptors (Lipinski definition) is 4. The van der Waals surface area contributed by atoms with Gasteiger partial charge in [0.15, 0.2) is 11.2 Å². The van der Waals surface area contributed by atoms with Crippen LogP contribution >= 0.6 is 0 Å². The molecule has 6 nitrogen and oxygen atoms in total. The Hall–Kier alpha value is -2.89. The number of nitrogens with zero attached hydrogens (tertiary/aromatic N) is 3. The molecule has 1 aliphatic heterocycles. The minimum Gasteiger partial charge on any atom is -0.451 e. The lowest BCUT2D eigenvalue weighted by atomic mass is 10.1. The molecule has 0 radical (unpaired) electrons. The molecule has 1 fully saturated rings. The smallest absolute Gasteiger partial charge is 0.289 e. The molecule has 2 aromatic heterocycles. The summed E-state index contributed by atoms with van der Waals surface area (Å²) in [5.74, 6) is -0.144. The number of benzene rings is 1. The lowest BCUT2D eigenvalue weighted by Crippen LogP contribution is -2.41. The van der Waals surface area contributed by atoms with Crippen LogP contribution in [-0.4, -0.2) is 33.7 Å². The van der Waals surface area contributed by atoms with Gasteiger partial charge in [-0.1, -0.05) is 12.1 Å². The van der Waals surface area contributed by atoms with Crippen LogP contribution in [0.5, 0.6) is 0 Å². The summed E-state index contributed by atoms with van der Waals surface area (Å²) in [6, 6.07) is 10.3. The predicted molar refractivity (Wildman–Crippen MR) is 88.9 cm³/mol. The van der Waals surface area contributed by atoms with Crippen LogP contribution in [0.25, 0.3) is 11.0 Å². The molecule has 3 aromatic rings. The summed E-state index contributed by atoms with van der Waals surface area (Å²) in [4.78, 5) is 26.7. The molecule has 1 aromatic carbocycles. The van der Waals surface area contributed by atoms with Gasteiger partial charge in [-0.3, -0.25) is 14.3 Å². The van der Waals surface area contributed by atoms with Crippen molar-refractivity contribution in [2.45, 2.75) is 18.9 Å².